The standard InChI is InChI=1S/C11H23O7P/c1-10(2,3)17-19(14,18-11(4,5)6)16-8-15-9(13)7-12/h12H,7-8H2,1-6H3. The molecule has 0 aliphatic carbocycles. The van der Waals surface area contributed by atoms with Gasteiger partial charge in [0.15, 0.2) is 0 Å². The van der Waals surface area contributed by atoms with Gasteiger partial charge in [0.2, 0.25) is 6.79 Å². The van der Waals surface area contributed by atoms with Gasteiger partial charge >= 0.3 is 13.8 Å². The second-order valence-corrected chi connectivity index (χ2v) is 7.29. The van der Waals surface area contributed by atoms with E-state index in [9.17, 15) is 9.36 Å². The van der Waals surface area contributed by atoms with E-state index in [0.717, 1.165) is 0 Å². The molecule has 0 aliphatic rings. The number of carbonyl (C=O) groups excluding carboxylic acids is 1. The number of phosphoric ester groups is 1. The highest BCUT2D eigenvalue weighted by atomic mass is 31.2. The van der Waals surface area contributed by atoms with Crippen LogP contribution in [0.2, 0.25) is 0 Å². The molecule has 0 aliphatic heterocycles. The minimum absolute atomic E-state index is 0.622. The van der Waals surface area contributed by atoms with Crippen LogP contribution in [0.25, 0.3) is 0 Å². The molecule has 0 bridgehead atoms. The predicted molar refractivity (Wildman–Crippen MR) is 68.4 cm³/mol. The number of phosphoric acid groups is 1. The Bertz CT molecular complexity index is 320. The number of aliphatic hydroxyl groups excluding tert-OH is 1. The monoisotopic (exact) mass is 298 g/mol. The summed E-state index contributed by atoms with van der Waals surface area (Å²) >= 11 is 0. The molecule has 0 saturated carbocycles. The Morgan fingerprint density at radius 2 is 1.47 bits per heavy atom. The van der Waals surface area contributed by atoms with Crippen LogP contribution in [0.3, 0.4) is 0 Å². The molecule has 0 amide bonds. The molecular formula is C11H23O7P. The summed E-state index contributed by atoms with van der Waals surface area (Å²) in [5, 5.41) is 8.48. The molecule has 1 N–H and O–H groups in total. The highest BCUT2D eigenvalue weighted by Crippen LogP contribution is 2.55. The molecule has 0 aromatic heterocycles. The maximum Gasteiger partial charge on any atom is 0.478 e. The van der Waals surface area contributed by atoms with Gasteiger partial charge in [0.1, 0.15) is 6.61 Å². The predicted octanol–water partition coefficient (Wildman–Crippen LogP) is 2.23. The van der Waals surface area contributed by atoms with Crippen molar-refractivity contribution in [2.45, 2.75) is 52.7 Å². The molecule has 0 spiro atoms. The van der Waals surface area contributed by atoms with Crippen LogP contribution < -0.4 is 0 Å². The first-order chi connectivity index (χ1) is 8.37. The number of rotatable bonds is 6. The highest BCUT2D eigenvalue weighted by Gasteiger charge is 2.37. The van der Waals surface area contributed by atoms with Gasteiger partial charge in [-0.3, -0.25) is 9.05 Å². The Labute approximate surface area is 113 Å². The Kier molecular flexibility index (Phi) is 6.65. The van der Waals surface area contributed by atoms with Crippen molar-refractivity contribution in [1.29, 1.82) is 0 Å². The molecule has 19 heavy (non-hydrogen) atoms. The maximum absolute atomic E-state index is 12.4. The first-order valence-electron chi connectivity index (χ1n) is 5.79. The van der Waals surface area contributed by atoms with Crippen LogP contribution in [-0.4, -0.2) is 35.7 Å². The number of hydrogen-bond donors (Lipinski definition) is 1. The van der Waals surface area contributed by atoms with Crippen molar-refractivity contribution >= 4 is 13.8 Å². The summed E-state index contributed by atoms with van der Waals surface area (Å²) in [7, 11) is -3.89. The number of carbonyl (C=O) groups is 1. The Hall–Kier alpha value is -0.460. The molecular weight excluding hydrogens is 275 g/mol. The summed E-state index contributed by atoms with van der Waals surface area (Å²) in [5.41, 5.74) is -1.52. The van der Waals surface area contributed by atoms with E-state index in [1.165, 1.54) is 0 Å². The fourth-order valence-corrected chi connectivity index (χ4v) is 2.61. The van der Waals surface area contributed by atoms with E-state index in [2.05, 4.69) is 4.74 Å². The average molecular weight is 298 g/mol. The third-order valence-corrected chi connectivity index (χ3v) is 3.30. The molecule has 0 radical (unpaired) electrons. The SMILES string of the molecule is CC(C)(C)OP(=O)(OCOC(=O)CO)OC(C)(C)C. The van der Waals surface area contributed by atoms with Crippen molar-refractivity contribution in [1.82, 2.24) is 0 Å². The maximum atomic E-state index is 12.4. The van der Waals surface area contributed by atoms with Gasteiger partial charge in [0, 0.05) is 0 Å². The molecule has 0 atom stereocenters. The van der Waals surface area contributed by atoms with Crippen LogP contribution in [0.4, 0.5) is 0 Å². The van der Waals surface area contributed by atoms with Gasteiger partial charge in [-0.1, -0.05) is 0 Å². The van der Waals surface area contributed by atoms with Crippen LogP contribution in [0.15, 0.2) is 0 Å². The molecule has 0 aromatic carbocycles. The highest BCUT2D eigenvalue weighted by molar-refractivity contribution is 7.48. The van der Waals surface area contributed by atoms with E-state index >= 15 is 0 Å². The van der Waals surface area contributed by atoms with Crippen molar-refractivity contribution in [2.75, 3.05) is 13.4 Å². The Morgan fingerprint density at radius 3 is 1.79 bits per heavy atom. The molecule has 0 aromatic rings. The lowest BCUT2D eigenvalue weighted by atomic mass is 10.2. The second kappa shape index (κ2) is 6.81. The van der Waals surface area contributed by atoms with Crippen molar-refractivity contribution in [3.05, 3.63) is 0 Å². The van der Waals surface area contributed by atoms with E-state index in [1.54, 1.807) is 41.5 Å². The smallest absolute Gasteiger partial charge is 0.436 e. The Balaban J connectivity index is 4.68. The molecule has 7 nitrogen and oxygen atoms in total. The van der Waals surface area contributed by atoms with E-state index in [1.807, 2.05) is 0 Å². The molecule has 0 heterocycles. The fraction of sp³-hybridized carbons (Fsp3) is 0.909. The largest absolute Gasteiger partial charge is 0.478 e. The van der Waals surface area contributed by atoms with E-state index < -0.39 is 38.4 Å². The van der Waals surface area contributed by atoms with Gasteiger partial charge in [-0.15, -0.1) is 0 Å². The first-order valence-corrected chi connectivity index (χ1v) is 7.25. The summed E-state index contributed by atoms with van der Waals surface area (Å²) < 4.78 is 32.3. The van der Waals surface area contributed by atoms with Gasteiger partial charge in [-0.05, 0) is 41.5 Å². The molecule has 0 saturated heterocycles. The number of aliphatic hydroxyl groups is 1. The van der Waals surface area contributed by atoms with Crippen LogP contribution in [0.5, 0.6) is 0 Å². The zero-order valence-corrected chi connectivity index (χ0v) is 13.2. The van der Waals surface area contributed by atoms with Gasteiger partial charge in [-0.2, -0.15) is 0 Å². The summed E-state index contributed by atoms with van der Waals surface area (Å²) in [4.78, 5) is 10.7. The molecule has 114 valence electrons. The molecule has 0 rings (SSSR count). The molecule has 0 fully saturated rings. The lowest BCUT2D eigenvalue weighted by Gasteiger charge is -2.30. The van der Waals surface area contributed by atoms with Crippen molar-refractivity contribution in [2.24, 2.45) is 0 Å². The zero-order valence-electron chi connectivity index (χ0n) is 12.3. The lowest BCUT2D eigenvalue weighted by molar-refractivity contribution is -0.155. The molecule has 8 heteroatoms. The molecule has 0 unspecified atom stereocenters. The van der Waals surface area contributed by atoms with Gasteiger partial charge in [0.25, 0.3) is 0 Å². The van der Waals surface area contributed by atoms with Gasteiger partial charge < -0.3 is 9.84 Å². The summed E-state index contributed by atoms with van der Waals surface area (Å²) in [5.74, 6) is -0.891. The average Bonchev–Trinajstić information content (AvgIpc) is 2.10. The third-order valence-electron chi connectivity index (χ3n) is 1.33. The normalized spacial score (nSPS) is 13.4. The van der Waals surface area contributed by atoms with Crippen LogP contribution in [-0.2, 0) is 27.7 Å². The van der Waals surface area contributed by atoms with Crippen LogP contribution in [0.1, 0.15) is 41.5 Å². The lowest BCUT2D eigenvalue weighted by Crippen LogP contribution is -2.25. The van der Waals surface area contributed by atoms with Crippen molar-refractivity contribution in [3.8, 4) is 0 Å². The second-order valence-electron chi connectivity index (χ2n) is 5.78. The van der Waals surface area contributed by atoms with Crippen LogP contribution in [0, 0.1) is 0 Å². The van der Waals surface area contributed by atoms with Crippen molar-refractivity contribution in [3.63, 3.8) is 0 Å². The third kappa shape index (κ3) is 10.0. The van der Waals surface area contributed by atoms with Crippen LogP contribution >= 0.6 is 7.82 Å². The van der Waals surface area contributed by atoms with Gasteiger partial charge in [-0.25, -0.2) is 13.9 Å². The summed E-state index contributed by atoms with van der Waals surface area (Å²) in [6, 6.07) is 0. The summed E-state index contributed by atoms with van der Waals surface area (Å²) in [6.45, 7) is 8.73. The Morgan fingerprint density at radius 1 is 1.05 bits per heavy atom. The number of ether oxygens (including phenoxy) is 1. The topological polar surface area (TPSA) is 91.3 Å². The van der Waals surface area contributed by atoms with E-state index in [0.29, 0.717) is 0 Å². The fourth-order valence-electron chi connectivity index (χ4n) is 0.944. The minimum atomic E-state index is -3.89. The first kappa shape index (κ1) is 18.5. The van der Waals surface area contributed by atoms with E-state index in [-0.39, 0.29) is 0 Å². The minimum Gasteiger partial charge on any atom is -0.436 e. The quantitative estimate of drug-likeness (QED) is 0.456. The summed E-state index contributed by atoms with van der Waals surface area (Å²) in [6.07, 6.45) is 0. The number of hydrogen-bond acceptors (Lipinski definition) is 7. The zero-order chi connectivity index (χ0) is 15.3. The van der Waals surface area contributed by atoms with Gasteiger partial charge in [0.05, 0.1) is 11.2 Å². The van der Waals surface area contributed by atoms with E-state index in [4.69, 9.17) is 18.7 Å². The number of esters is 1. The van der Waals surface area contributed by atoms with Crippen molar-refractivity contribution < 1.29 is 32.8 Å².